The maximum absolute atomic E-state index is 5.36. The summed E-state index contributed by atoms with van der Waals surface area (Å²) in [4.78, 5) is 6.94. The first-order chi connectivity index (χ1) is 13.2. The summed E-state index contributed by atoms with van der Waals surface area (Å²) in [5.74, 6) is 2.31. The number of hydrogen-bond donors (Lipinski definition) is 2. The van der Waals surface area contributed by atoms with Crippen molar-refractivity contribution in [1.29, 1.82) is 0 Å². The standard InChI is InChI=1S/C21H36N4O2/c1-17-9-5-7-13-25(17)14-8-6-12-23-21(22-2)24-16-18-10-11-19(26-3)20(15-18)27-4/h10-11,15,17H,5-9,12-14,16H2,1-4H3,(H2,22,23,24). The predicted octanol–water partition coefficient (Wildman–Crippen LogP) is 3.02. The first kappa shape index (κ1) is 21.4. The molecule has 0 spiro atoms. The van der Waals surface area contributed by atoms with Gasteiger partial charge in [0.1, 0.15) is 0 Å². The minimum Gasteiger partial charge on any atom is -0.493 e. The van der Waals surface area contributed by atoms with Gasteiger partial charge in [0.25, 0.3) is 0 Å². The van der Waals surface area contributed by atoms with Crippen molar-refractivity contribution in [3.8, 4) is 11.5 Å². The molecule has 1 saturated heterocycles. The molecule has 2 rings (SSSR count). The average molecular weight is 377 g/mol. The summed E-state index contributed by atoms with van der Waals surface area (Å²) in [6.07, 6.45) is 6.48. The molecule has 0 saturated carbocycles. The Kier molecular flexibility index (Phi) is 9.25. The predicted molar refractivity (Wildman–Crippen MR) is 112 cm³/mol. The molecule has 1 aliphatic heterocycles. The number of piperidine rings is 1. The van der Waals surface area contributed by atoms with Crippen LogP contribution in [-0.2, 0) is 6.54 Å². The summed E-state index contributed by atoms with van der Waals surface area (Å²) in [5.41, 5.74) is 1.12. The molecule has 1 unspecified atom stereocenters. The fourth-order valence-corrected chi connectivity index (χ4v) is 3.53. The zero-order valence-corrected chi connectivity index (χ0v) is 17.4. The molecule has 1 aromatic carbocycles. The number of unbranched alkanes of at least 4 members (excludes halogenated alkanes) is 1. The number of benzene rings is 1. The van der Waals surface area contributed by atoms with Crippen molar-refractivity contribution in [2.45, 2.75) is 51.6 Å². The zero-order chi connectivity index (χ0) is 19.5. The van der Waals surface area contributed by atoms with Gasteiger partial charge in [-0.25, -0.2) is 0 Å². The van der Waals surface area contributed by atoms with Gasteiger partial charge < -0.3 is 25.0 Å². The van der Waals surface area contributed by atoms with Gasteiger partial charge in [0.15, 0.2) is 17.5 Å². The molecule has 2 N–H and O–H groups in total. The molecule has 6 heteroatoms. The molecule has 27 heavy (non-hydrogen) atoms. The summed E-state index contributed by atoms with van der Waals surface area (Å²) in [5, 5.41) is 6.76. The van der Waals surface area contributed by atoms with E-state index in [1.165, 1.54) is 38.8 Å². The van der Waals surface area contributed by atoms with Crippen molar-refractivity contribution in [3.63, 3.8) is 0 Å². The van der Waals surface area contributed by atoms with Gasteiger partial charge in [-0.3, -0.25) is 4.99 Å². The molecule has 6 nitrogen and oxygen atoms in total. The van der Waals surface area contributed by atoms with E-state index in [-0.39, 0.29) is 0 Å². The molecule has 1 aliphatic rings. The molecule has 0 radical (unpaired) electrons. The van der Waals surface area contributed by atoms with Crippen LogP contribution in [0.3, 0.4) is 0 Å². The number of ether oxygens (including phenoxy) is 2. The Hall–Kier alpha value is -1.95. The van der Waals surface area contributed by atoms with Crippen molar-refractivity contribution in [2.75, 3.05) is 40.9 Å². The van der Waals surface area contributed by atoms with Gasteiger partial charge >= 0.3 is 0 Å². The topological polar surface area (TPSA) is 58.1 Å². The van der Waals surface area contributed by atoms with Crippen LogP contribution < -0.4 is 20.1 Å². The van der Waals surface area contributed by atoms with Crippen molar-refractivity contribution in [1.82, 2.24) is 15.5 Å². The largest absolute Gasteiger partial charge is 0.493 e. The average Bonchev–Trinajstić information content (AvgIpc) is 2.71. The van der Waals surface area contributed by atoms with E-state index in [9.17, 15) is 0 Å². The second kappa shape index (κ2) is 11.7. The number of likely N-dealkylation sites (tertiary alicyclic amines) is 1. The van der Waals surface area contributed by atoms with Gasteiger partial charge in [-0.15, -0.1) is 0 Å². The van der Waals surface area contributed by atoms with Gasteiger partial charge in [-0.2, -0.15) is 0 Å². The fourth-order valence-electron chi connectivity index (χ4n) is 3.53. The molecule has 1 aromatic rings. The molecule has 1 fully saturated rings. The molecule has 0 amide bonds. The monoisotopic (exact) mass is 376 g/mol. The molecule has 1 heterocycles. The van der Waals surface area contributed by atoms with Crippen LogP contribution >= 0.6 is 0 Å². The van der Waals surface area contributed by atoms with Crippen LogP contribution in [0.4, 0.5) is 0 Å². The SMILES string of the molecule is CN=C(NCCCCN1CCCCC1C)NCc1ccc(OC)c(OC)c1. The van der Waals surface area contributed by atoms with E-state index in [2.05, 4.69) is 27.4 Å². The Bertz CT molecular complexity index is 592. The summed E-state index contributed by atoms with van der Waals surface area (Å²) in [6.45, 7) is 6.46. The summed E-state index contributed by atoms with van der Waals surface area (Å²) in [7, 11) is 5.10. The van der Waals surface area contributed by atoms with Crippen LogP contribution in [0.15, 0.2) is 23.2 Å². The zero-order valence-electron chi connectivity index (χ0n) is 17.4. The Morgan fingerprint density at radius 2 is 1.96 bits per heavy atom. The van der Waals surface area contributed by atoms with Crippen molar-refractivity contribution in [2.24, 2.45) is 4.99 Å². The van der Waals surface area contributed by atoms with E-state index < -0.39 is 0 Å². The van der Waals surface area contributed by atoms with Crippen LogP contribution in [0.5, 0.6) is 11.5 Å². The van der Waals surface area contributed by atoms with Crippen molar-refractivity contribution in [3.05, 3.63) is 23.8 Å². The Morgan fingerprint density at radius 3 is 2.67 bits per heavy atom. The highest BCUT2D eigenvalue weighted by molar-refractivity contribution is 5.79. The second-order valence-electron chi connectivity index (χ2n) is 7.13. The Balaban J connectivity index is 1.67. The molecular formula is C21H36N4O2. The van der Waals surface area contributed by atoms with Crippen LogP contribution in [0.1, 0.15) is 44.6 Å². The van der Waals surface area contributed by atoms with E-state index in [1.54, 1.807) is 21.3 Å². The van der Waals surface area contributed by atoms with Gasteiger partial charge in [-0.1, -0.05) is 12.5 Å². The third-order valence-electron chi connectivity index (χ3n) is 5.24. The third-order valence-corrected chi connectivity index (χ3v) is 5.24. The van der Waals surface area contributed by atoms with Crippen molar-refractivity contribution < 1.29 is 9.47 Å². The summed E-state index contributed by atoms with van der Waals surface area (Å²) in [6, 6.07) is 6.69. The van der Waals surface area contributed by atoms with Crippen molar-refractivity contribution >= 4 is 5.96 Å². The first-order valence-electron chi connectivity index (χ1n) is 10.1. The third kappa shape index (κ3) is 6.94. The molecule has 0 bridgehead atoms. The lowest BCUT2D eigenvalue weighted by atomic mass is 10.0. The van der Waals surface area contributed by atoms with Crippen LogP contribution in [0.25, 0.3) is 0 Å². The van der Waals surface area contributed by atoms with Gasteiger partial charge in [0.2, 0.25) is 0 Å². The fraction of sp³-hybridized carbons (Fsp3) is 0.667. The van der Waals surface area contributed by atoms with E-state index in [0.29, 0.717) is 6.54 Å². The van der Waals surface area contributed by atoms with E-state index in [4.69, 9.17) is 9.47 Å². The smallest absolute Gasteiger partial charge is 0.191 e. The highest BCUT2D eigenvalue weighted by Gasteiger charge is 2.16. The molecular weight excluding hydrogens is 340 g/mol. The lowest BCUT2D eigenvalue weighted by molar-refractivity contribution is 0.158. The summed E-state index contributed by atoms with van der Waals surface area (Å²) >= 11 is 0. The maximum atomic E-state index is 5.36. The Labute approximate surface area is 164 Å². The number of guanidine groups is 1. The quantitative estimate of drug-likeness (QED) is 0.394. The normalized spacial score (nSPS) is 18.2. The second-order valence-corrected chi connectivity index (χ2v) is 7.13. The Morgan fingerprint density at radius 1 is 1.15 bits per heavy atom. The lowest BCUT2D eigenvalue weighted by Crippen LogP contribution is -2.39. The van der Waals surface area contributed by atoms with Gasteiger partial charge in [0.05, 0.1) is 14.2 Å². The van der Waals surface area contributed by atoms with Gasteiger partial charge in [0, 0.05) is 26.2 Å². The lowest BCUT2D eigenvalue weighted by Gasteiger charge is -2.33. The number of rotatable bonds is 9. The molecule has 152 valence electrons. The molecule has 0 aromatic heterocycles. The maximum Gasteiger partial charge on any atom is 0.191 e. The van der Waals surface area contributed by atoms with Gasteiger partial charge in [-0.05, 0) is 63.4 Å². The first-order valence-corrected chi connectivity index (χ1v) is 10.1. The highest BCUT2D eigenvalue weighted by Crippen LogP contribution is 2.27. The minimum atomic E-state index is 0.686. The van der Waals surface area contributed by atoms with Crippen LogP contribution in [0.2, 0.25) is 0 Å². The highest BCUT2D eigenvalue weighted by atomic mass is 16.5. The van der Waals surface area contributed by atoms with E-state index in [1.807, 2.05) is 18.2 Å². The van der Waals surface area contributed by atoms with E-state index in [0.717, 1.165) is 42.0 Å². The summed E-state index contributed by atoms with van der Waals surface area (Å²) < 4.78 is 10.6. The molecule has 1 atom stereocenters. The van der Waals surface area contributed by atoms with Crippen LogP contribution in [-0.4, -0.2) is 57.8 Å². The number of nitrogens with zero attached hydrogens (tertiary/aromatic N) is 2. The minimum absolute atomic E-state index is 0.686. The van der Waals surface area contributed by atoms with E-state index >= 15 is 0 Å². The molecule has 0 aliphatic carbocycles. The number of methoxy groups -OCH3 is 2. The number of aliphatic imine (C=N–C) groups is 1. The number of hydrogen-bond acceptors (Lipinski definition) is 4. The number of nitrogens with one attached hydrogen (secondary N) is 2. The van der Waals surface area contributed by atoms with Crippen LogP contribution in [0, 0.1) is 0 Å².